The lowest BCUT2D eigenvalue weighted by atomic mass is 9.74. The molecule has 2 fully saturated rings. The number of thiophene rings is 1. The van der Waals surface area contributed by atoms with Gasteiger partial charge in [0.2, 0.25) is 11.8 Å². The van der Waals surface area contributed by atoms with Gasteiger partial charge in [-0.2, -0.15) is 0 Å². The molecule has 0 saturated carbocycles. The van der Waals surface area contributed by atoms with Gasteiger partial charge in [0.05, 0.1) is 6.61 Å². The van der Waals surface area contributed by atoms with E-state index in [0.29, 0.717) is 25.1 Å². The van der Waals surface area contributed by atoms with Crippen LogP contribution in [0.2, 0.25) is 0 Å². The van der Waals surface area contributed by atoms with Gasteiger partial charge in [-0.05, 0) is 72.6 Å². The summed E-state index contributed by atoms with van der Waals surface area (Å²) < 4.78 is 6.19. The Morgan fingerprint density at radius 1 is 1.03 bits per heavy atom. The SMILES string of the molecule is O=C1CCC(N2Cc3cc4c(cc3C2=O)OCC42CCN(Cc3sccc3-c3ccccc3)CC2)C(=O)N1. The van der Waals surface area contributed by atoms with Crippen molar-refractivity contribution < 1.29 is 19.1 Å². The van der Waals surface area contributed by atoms with E-state index in [9.17, 15) is 14.4 Å². The second kappa shape index (κ2) is 9.06. The van der Waals surface area contributed by atoms with Gasteiger partial charge in [-0.3, -0.25) is 24.6 Å². The predicted molar refractivity (Wildman–Crippen MR) is 144 cm³/mol. The molecule has 0 bridgehead atoms. The van der Waals surface area contributed by atoms with Gasteiger partial charge >= 0.3 is 0 Å². The predicted octanol–water partition coefficient (Wildman–Crippen LogP) is 4.10. The number of imide groups is 1. The van der Waals surface area contributed by atoms with Crippen LogP contribution >= 0.6 is 11.3 Å². The summed E-state index contributed by atoms with van der Waals surface area (Å²) in [5.41, 5.74) is 5.33. The van der Waals surface area contributed by atoms with Crippen molar-refractivity contribution in [2.24, 2.45) is 0 Å². The molecule has 0 aliphatic carbocycles. The van der Waals surface area contributed by atoms with E-state index in [1.165, 1.54) is 21.6 Å². The van der Waals surface area contributed by atoms with Crippen LogP contribution in [0.4, 0.5) is 0 Å². The number of benzene rings is 2. The first-order valence-electron chi connectivity index (χ1n) is 13.3. The fourth-order valence-electron chi connectivity index (χ4n) is 6.52. The van der Waals surface area contributed by atoms with E-state index in [1.54, 1.807) is 4.90 Å². The molecule has 7 nitrogen and oxygen atoms in total. The topological polar surface area (TPSA) is 79.0 Å². The molecule has 38 heavy (non-hydrogen) atoms. The highest BCUT2D eigenvalue weighted by atomic mass is 32.1. The molecule has 1 N–H and O–H groups in total. The van der Waals surface area contributed by atoms with Gasteiger partial charge in [-0.25, -0.2) is 0 Å². The van der Waals surface area contributed by atoms with E-state index in [-0.39, 0.29) is 29.6 Å². The summed E-state index contributed by atoms with van der Waals surface area (Å²) in [5.74, 6) is 0.00442. The van der Waals surface area contributed by atoms with Gasteiger partial charge in [0.1, 0.15) is 11.8 Å². The molecular formula is C30H29N3O4S. The molecule has 0 radical (unpaired) electrons. The largest absolute Gasteiger partial charge is 0.492 e. The molecule has 5 heterocycles. The standard InChI is InChI=1S/C30H29N3O4S/c34-27-7-6-24(28(35)31-27)33-16-20-14-23-25(15-22(20)29(33)36)37-18-30(23)9-11-32(12-10-30)17-26-21(8-13-38-26)19-4-2-1-3-5-19/h1-5,8,13-15,24H,6-7,9-12,16-18H2,(H,31,34,35). The minimum atomic E-state index is -0.599. The van der Waals surface area contributed by atoms with Crippen LogP contribution in [0, 0.1) is 0 Å². The quantitative estimate of drug-likeness (QED) is 0.517. The first-order chi connectivity index (χ1) is 18.5. The minimum Gasteiger partial charge on any atom is -0.492 e. The molecule has 7 rings (SSSR count). The number of fused-ring (bicyclic) bond motifs is 3. The van der Waals surface area contributed by atoms with Crippen LogP contribution in [-0.4, -0.2) is 53.3 Å². The lowest BCUT2D eigenvalue weighted by molar-refractivity contribution is -0.136. The van der Waals surface area contributed by atoms with Gasteiger partial charge in [-0.15, -0.1) is 11.3 Å². The number of rotatable bonds is 4. The second-order valence-electron chi connectivity index (χ2n) is 10.9. The first kappa shape index (κ1) is 23.6. The van der Waals surface area contributed by atoms with Crippen molar-refractivity contribution in [3.05, 3.63) is 75.5 Å². The molecule has 2 aromatic carbocycles. The van der Waals surface area contributed by atoms with Crippen molar-refractivity contribution in [1.82, 2.24) is 15.1 Å². The Morgan fingerprint density at radius 3 is 2.63 bits per heavy atom. The summed E-state index contributed by atoms with van der Waals surface area (Å²) in [4.78, 5) is 42.8. The van der Waals surface area contributed by atoms with Crippen LogP contribution in [0.1, 0.15) is 52.0 Å². The molecule has 1 unspecified atom stereocenters. The maximum Gasteiger partial charge on any atom is 0.255 e. The number of amides is 3. The van der Waals surface area contributed by atoms with Crippen LogP contribution in [0.5, 0.6) is 5.75 Å². The lowest BCUT2D eigenvalue weighted by Gasteiger charge is -2.38. The normalized spacial score (nSPS) is 22.4. The molecule has 3 aromatic rings. The number of ether oxygens (including phenoxy) is 1. The fourth-order valence-corrected chi connectivity index (χ4v) is 7.46. The Kier molecular flexibility index (Phi) is 5.63. The van der Waals surface area contributed by atoms with Gasteiger partial charge in [0.15, 0.2) is 0 Å². The van der Waals surface area contributed by atoms with E-state index >= 15 is 0 Å². The van der Waals surface area contributed by atoms with Gasteiger partial charge in [0, 0.05) is 40.9 Å². The Morgan fingerprint density at radius 2 is 1.84 bits per heavy atom. The average molecular weight is 528 g/mol. The lowest BCUT2D eigenvalue weighted by Crippen LogP contribution is -2.52. The monoisotopic (exact) mass is 527 g/mol. The number of carbonyl (C=O) groups is 3. The van der Waals surface area contributed by atoms with Crippen molar-refractivity contribution >= 4 is 29.1 Å². The maximum atomic E-state index is 13.2. The number of nitrogens with one attached hydrogen (secondary N) is 1. The Labute approximate surface area is 225 Å². The third kappa shape index (κ3) is 3.85. The van der Waals surface area contributed by atoms with Crippen molar-refractivity contribution in [2.75, 3.05) is 19.7 Å². The zero-order valence-corrected chi connectivity index (χ0v) is 21.9. The van der Waals surface area contributed by atoms with Crippen molar-refractivity contribution in [1.29, 1.82) is 0 Å². The highest BCUT2D eigenvalue weighted by Crippen LogP contribution is 2.48. The summed E-state index contributed by atoms with van der Waals surface area (Å²) in [5, 5.41) is 4.56. The van der Waals surface area contributed by atoms with Crippen LogP contribution in [0.3, 0.4) is 0 Å². The molecule has 1 atom stereocenters. The number of nitrogens with zero attached hydrogens (tertiary/aromatic N) is 2. The van der Waals surface area contributed by atoms with E-state index in [1.807, 2.05) is 17.4 Å². The van der Waals surface area contributed by atoms with Crippen LogP contribution < -0.4 is 10.1 Å². The highest BCUT2D eigenvalue weighted by Gasteiger charge is 2.46. The number of hydrogen-bond acceptors (Lipinski definition) is 6. The second-order valence-corrected chi connectivity index (χ2v) is 11.9. The minimum absolute atomic E-state index is 0.0380. The third-order valence-corrected chi connectivity index (χ3v) is 9.62. The summed E-state index contributed by atoms with van der Waals surface area (Å²) in [6.45, 7) is 3.99. The molecule has 3 amide bonds. The van der Waals surface area contributed by atoms with Crippen LogP contribution in [-0.2, 0) is 28.1 Å². The number of carbonyl (C=O) groups excluding carboxylic acids is 3. The maximum absolute atomic E-state index is 13.2. The smallest absolute Gasteiger partial charge is 0.255 e. The van der Waals surface area contributed by atoms with Gasteiger partial charge < -0.3 is 9.64 Å². The zero-order valence-electron chi connectivity index (χ0n) is 21.1. The zero-order chi connectivity index (χ0) is 25.9. The van der Waals surface area contributed by atoms with Gasteiger partial charge in [0.25, 0.3) is 5.91 Å². The van der Waals surface area contributed by atoms with E-state index in [4.69, 9.17) is 4.74 Å². The summed E-state index contributed by atoms with van der Waals surface area (Å²) in [7, 11) is 0. The third-order valence-electron chi connectivity index (χ3n) is 8.71. The molecule has 8 heteroatoms. The van der Waals surface area contributed by atoms with Crippen LogP contribution in [0.15, 0.2) is 53.9 Å². The van der Waals surface area contributed by atoms with E-state index in [2.05, 4.69) is 58.1 Å². The van der Waals surface area contributed by atoms with E-state index in [0.717, 1.165) is 43.8 Å². The average Bonchev–Trinajstić information content (AvgIpc) is 3.62. The molecule has 4 aliphatic rings. The first-order valence-corrected chi connectivity index (χ1v) is 14.2. The van der Waals surface area contributed by atoms with Crippen molar-refractivity contribution in [2.45, 2.75) is 50.2 Å². The van der Waals surface area contributed by atoms with Crippen molar-refractivity contribution in [3.8, 4) is 16.9 Å². The van der Waals surface area contributed by atoms with E-state index < -0.39 is 6.04 Å². The molecule has 194 valence electrons. The molecular weight excluding hydrogens is 498 g/mol. The highest BCUT2D eigenvalue weighted by molar-refractivity contribution is 7.10. The van der Waals surface area contributed by atoms with Crippen LogP contribution in [0.25, 0.3) is 11.1 Å². The number of piperidine rings is 2. The molecule has 2 saturated heterocycles. The summed E-state index contributed by atoms with van der Waals surface area (Å²) in [6.07, 6.45) is 2.65. The Bertz CT molecular complexity index is 1440. The van der Waals surface area contributed by atoms with Gasteiger partial charge in [-0.1, -0.05) is 30.3 Å². The molecule has 1 spiro atoms. The van der Waals surface area contributed by atoms with Crippen molar-refractivity contribution in [3.63, 3.8) is 0 Å². The number of likely N-dealkylation sites (tertiary alicyclic amines) is 1. The number of hydrogen-bond donors (Lipinski definition) is 1. The molecule has 4 aliphatic heterocycles. The molecule has 1 aromatic heterocycles. The Balaban J connectivity index is 1.07. The summed E-state index contributed by atoms with van der Waals surface area (Å²) in [6, 6.07) is 16.3. The Hall–Kier alpha value is -3.49. The summed E-state index contributed by atoms with van der Waals surface area (Å²) >= 11 is 1.83. The fraction of sp³-hybridized carbons (Fsp3) is 0.367.